The van der Waals surface area contributed by atoms with Crippen LogP contribution >= 0.6 is 0 Å². The summed E-state index contributed by atoms with van der Waals surface area (Å²) in [5.41, 5.74) is 11.3. The Morgan fingerprint density at radius 2 is 1.61 bits per heavy atom. The number of rotatable bonds is 6. The van der Waals surface area contributed by atoms with Gasteiger partial charge in [-0.2, -0.15) is 0 Å². The first-order valence-corrected chi connectivity index (χ1v) is 13.6. The maximum absolute atomic E-state index is 12.4. The molecule has 0 aliphatic carbocycles. The first-order chi connectivity index (χ1) is 17.5. The second-order valence-electron chi connectivity index (χ2n) is 10.9. The van der Waals surface area contributed by atoms with Crippen molar-refractivity contribution in [2.75, 3.05) is 55.3 Å². The third-order valence-electron chi connectivity index (χ3n) is 8.54. The van der Waals surface area contributed by atoms with Crippen LogP contribution in [0.3, 0.4) is 0 Å². The van der Waals surface area contributed by atoms with Gasteiger partial charge in [0, 0.05) is 49.4 Å². The molecule has 36 heavy (non-hydrogen) atoms. The van der Waals surface area contributed by atoms with Crippen molar-refractivity contribution in [2.45, 2.75) is 50.5 Å². The Morgan fingerprint density at radius 1 is 0.944 bits per heavy atom. The molecular weight excluding hydrogens is 446 g/mol. The minimum Gasteiger partial charge on any atom is -0.399 e. The van der Waals surface area contributed by atoms with Gasteiger partial charge >= 0.3 is 0 Å². The number of nitrogens with two attached hydrogens (primary N) is 1. The molecule has 0 saturated carbocycles. The summed E-state index contributed by atoms with van der Waals surface area (Å²) in [4.78, 5) is 19.7. The molecule has 6 nitrogen and oxygen atoms in total. The molecule has 3 N–H and O–H groups in total. The molecule has 1 atom stereocenters. The lowest BCUT2D eigenvalue weighted by molar-refractivity contribution is -0.122. The fourth-order valence-corrected chi connectivity index (χ4v) is 6.17. The number of nitrogen functional groups attached to an aromatic ring is 1. The van der Waals surface area contributed by atoms with E-state index in [0.717, 1.165) is 48.9 Å². The van der Waals surface area contributed by atoms with Crippen molar-refractivity contribution >= 4 is 23.0 Å². The standard InChI is InChI=1S/C30H41N5O/c1-22-3-12-29(30(36)32-22)33(2)27-8-4-24(5-9-27)25-15-17-34(18-16-25)21-23-13-19-35(20-14-23)28-10-6-26(31)7-11-28/h4-11,23,25,29H,1,3,12-21,31H2,2H3,(H,32,36). The first-order valence-electron chi connectivity index (χ1n) is 13.6. The maximum atomic E-state index is 12.4. The second kappa shape index (κ2) is 11.0. The van der Waals surface area contributed by atoms with Crippen molar-refractivity contribution in [3.8, 4) is 0 Å². The SMILES string of the molecule is C=C1CCC(N(C)c2ccc(C3CCN(CC4CCN(c5ccc(N)cc5)CC4)CC3)cc2)C(=O)N1. The Labute approximate surface area is 216 Å². The monoisotopic (exact) mass is 487 g/mol. The highest BCUT2D eigenvalue weighted by Crippen LogP contribution is 2.32. The number of carbonyl (C=O) groups is 1. The van der Waals surface area contributed by atoms with E-state index in [-0.39, 0.29) is 11.9 Å². The van der Waals surface area contributed by atoms with Crippen LogP contribution in [0, 0.1) is 5.92 Å². The highest BCUT2D eigenvalue weighted by molar-refractivity contribution is 5.87. The summed E-state index contributed by atoms with van der Waals surface area (Å²) in [6.45, 7) is 9.79. The lowest BCUT2D eigenvalue weighted by atomic mass is 9.88. The van der Waals surface area contributed by atoms with Crippen molar-refractivity contribution in [3.63, 3.8) is 0 Å². The molecule has 0 radical (unpaired) electrons. The Bertz CT molecular complexity index is 1030. The van der Waals surface area contributed by atoms with E-state index in [1.807, 2.05) is 19.2 Å². The van der Waals surface area contributed by atoms with Crippen LogP contribution in [-0.2, 0) is 4.79 Å². The van der Waals surface area contributed by atoms with E-state index >= 15 is 0 Å². The van der Waals surface area contributed by atoms with E-state index < -0.39 is 0 Å². The summed E-state index contributed by atoms with van der Waals surface area (Å²) in [7, 11) is 2.02. The lowest BCUT2D eigenvalue weighted by Crippen LogP contribution is -2.48. The summed E-state index contributed by atoms with van der Waals surface area (Å²) in [6, 6.07) is 17.1. The normalized spacial score (nSPS) is 22.5. The lowest BCUT2D eigenvalue weighted by Gasteiger charge is -2.38. The fourth-order valence-electron chi connectivity index (χ4n) is 6.17. The van der Waals surface area contributed by atoms with Gasteiger partial charge in [0.05, 0.1) is 0 Å². The van der Waals surface area contributed by atoms with Gasteiger partial charge in [0.2, 0.25) is 5.91 Å². The number of benzene rings is 2. The smallest absolute Gasteiger partial charge is 0.246 e. The highest BCUT2D eigenvalue weighted by Gasteiger charge is 2.29. The largest absolute Gasteiger partial charge is 0.399 e. The van der Waals surface area contributed by atoms with Crippen molar-refractivity contribution in [1.29, 1.82) is 0 Å². The van der Waals surface area contributed by atoms with Crippen LogP contribution in [0.4, 0.5) is 17.1 Å². The van der Waals surface area contributed by atoms with Crippen molar-refractivity contribution in [1.82, 2.24) is 10.2 Å². The van der Waals surface area contributed by atoms with E-state index in [2.05, 4.69) is 63.0 Å². The Balaban J connectivity index is 1.07. The number of nitrogens with one attached hydrogen (secondary N) is 1. The quantitative estimate of drug-likeness (QED) is 0.584. The van der Waals surface area contributed by atoms with E-state index in [1.54, 1.807) is 0 Å². The van der Waals surface area contributed by atoms with Gasteiger partial charge in [0.25, 0.3) is 0 Å². The molecule has 1 amide bonds. The van der Waals surface area contributed by atoms with Crippen molar-refractivity contribution in [2.24, 2.45) is 5.92 Å². The Kier molecular flexibility index (Phi) is 7.51. The van der Waals surface area contributed by atoms with Crippen LogP contribution in [0.25, 0.3) is 0 Å². The van der Waals surface area contributed by atoms with Crippen molar-refractivity contribution in [3.05, 3.63) is 66.4 Å². The van der Waals surface area contributed by atoms with Crippen LogP contribution in [0.5, 0.6) is 0 Å². The average Bonchev–Trinajstić information content (AvgIpc) is 2.90. The minimum absolute atomic E-state index is 0.0566. The van der Waals surface area contributed by atoms with Gasteiger partial charge in [-0.15, -0.1) is 0 Å². The van der Waals surface area contributed by atoms with Gasteiger partial charge in [0.15, 0.2) is 0 Å². The number of nitrogens with zero attached hydrogens (tertiary/aromatic N) is 3. The molecule has 6 heteroatoms. The number of hydrogen-bond donors (Lipinski definition) is 2. The van der Waals surface area contributed by atoms with Gasteiger partial charge in [0.1, 0.15) is 6.04 Å². The summed E-state index contributed by atoms with van der Waals surface area (Å²) in [5.74, 6) is 1.49. The summed E-state index contributed by atoms with van der Waals surface area (Å²) < 4.78 is 0. The molecule has 3 saturated heterocycles. The third-order valence-corrected chi connectivity index (χ3v) is 8.54. The fraction of sp³-hybridized carbons (Fsp3) is 0.500. The molecule has 1 unspecified atom stereocenters. The molecule has 3 fully saturated rings. The zero-order valence-electron chi connectivity index (χ0n) is 21.7. The van der Waals surface area contributed by atoms with Crippen LogP contribution in [0.1, 0.15) is 50.0 Å². The van der Waals surface area contributed by atoms with Gasteiger partial charge in [-0.3, -0.25) is 4.79 Å². The van der Waals surface area contributed by atoms with Crippen LogP contribution in [0.15, 0.2) is 60.8 Å². The summed E-state index contributed by atoms with van der Waals surface area (Å²) >= 11 is 0. The second-order valence-corrected chi connectivity index (χ2v) is 10.9. The molecule has 3 aliphatic rings. The topological polar surface area (TPSA) is 64.8 Å². The van der Waals surface area contributed by atoms with Crippen LogP contribution in [-0.4, -0.2) is 56.6 Å². The van der Waals surface area contributed by atoms with Gasteiger partial charge in [-0.1, -0.05) is 18.7 Å². The van der Waals surface area contributed by atoms with E-state index in [4.69, 9.17) is 5.73 Å². The van der Waals surface area contributed by atoms with Crippen LogP contribution in [0.2, 0.25) is 0 Å². The van der Waals surface area contributed by atoms with E-state index in [1.165, 1.54) is 56.6 Å². The Hall–Kier alpha value is -2.99. The van der Waals surface area contributed by atoms with Gasteiger partial charge < -0.3 is 25.8 Å². The molecule has 3 heterocycles. The van der Waals surface area contributed by atoms with E-state index in [9.17, 15) is 4.79 Å². The number of piperidine rings is 3. The summed E-state index contributed by atoms with van der Waals surface area (Å²) in [5, 5.41) is 2.90. The number of amides is 1. The molecule has 2 aromatic carbocycles. The highest BCUT2D eigenvalue weighted by atomic mass is 16.2. The first kappa shape index (κ1) is 24.7. The van der Waals surface area contributed by atoms with Crippen molar-refractivity contribution < 1.29 is 4.79 Å². The molecule has 0 spiro atoms. The Morgan fingerprint density at radius 3 is 2.25 bits per heavy atom. The number of likely N-dealkylation sites (N-methyl/N-ethyl adjacent to an activating group) is 1. The number of hydrogen-bond acceptors (Lipinski definition) is 5. The molecule has 3 aliphatic heterocycles. The number of carbonyl (C=O) groups excluding carboxylic acids is 1. The third kappa shape index (κ3) is 5.70. The number of likely N-dealkylation sites (tertiary alicyclic amines) is 1. The van der Waals surface area contributed by atoms with Gasteiger partial charge in [-0.05, 0) is 105 Å². The molecule has 0 aromatic heterocycles. The van der Waals surface area contributed by atoms with Gasteiger partial charge in [-0.25, -0.2) is 0 Å². The van der Waals surface area contributed by atoms with E-state index in [0.29, 0.717) is 5.92 Å². The minimum atomic E-state index is -0.122. The zero-order chi connectivity index (χ0) is 25.1. The molecule has 5 rings (SSSR count). The van der Waals surface area contributed by atoms with Crippen LogP contribution < -0.4 is 20.9 Å². The zero-order valence-corrected chi connectivity index (χ0v) is 21.7. The molecule has 192 valence electrons. The molecular formula is C30H41N5O. The average molecular weight is 488 g/mol. The molecule has 0 bridgehead atoms. The maximum Gasteiger partial charge on any atom is 0.246 e. The number of allylic oxidation sites excluding steroid dienone is 1. The molecule has 2 aromatic rings. The summed E-state index contributed by atoms with van der Waals surface area (Å²) in [6.07, 6.45) is 6.67. The predicted molar refractivity (Wildman–Crippen MR) is 149 cm³/mol. The predicted octanol–water partition coefficient (Wildman–Crippen LogP) is 4.59. The number of anilines is 3.